The molecule has 1 saturated heterocycles. The Balaban J connectivity index is 1.38. The van der Waals surface area contributed by atoms with E-state index in [-0.39, 0.29) is 5.91 Å². The number of aliphatic imine (C=N–C) groups is 1. The molecule has 0 aliphatic carbocycles. The van der Waals surface area contributed by atoms with Crippen LogP contribution >= 0.6 is 23.4 Å². The number of hydrogen-bond acceptors (Lipinski definition) is 4. The number of aryl methyl sites for hydroxylation is 2. The van der Waals surface area contributed by atoms with Gasteiger partial charge in [0, 0.05) is 5.02 Å². The smallest absolute Gasteiger partial charge is 0.271 e. The average Bonchev–Trinajstić information content (AvgIpc) is 3.20. The van der Waals surface area contributed by atoms with Gasteiger partial charge in [-0.2, -0.15) is 0 Å². The molecule has 1 aliphatic heterocycles. The van der Waals surface area contributed by atoms with Gasteiger partial charge >= 0.3 is 0 Å². The molecule has 0 spiro atoms. The number of carbonyl (C=O) groups is 1. The largest absolute Gasteiger partial charge is 0.489 e. The standard InChI is InChI=1S/C31H25ClN2O2S/c1-21-3-13-26(14-4-21)33-31-34(27-15-5-22(2)6-16-27)30(35)29(37-31)19-23-9-17-28(18-10-23)36-20-24-7-11-25(32)12-8-24/h3-19H,20H2,1-2H3/b29-19-,33-31?. The number of amides is 1. The summed E-state index contributed by atoms with van der Waals surface area (Å²) in [5.41, 5.74) is 5.85. The Bertz CT molecular complexity index is 1460. The zero-order valence-corrected chi connectivity index (χ0v) is 22.1. The normalized spacial score (nSPS) is 15.5. The summed E-state index contributed by atoms with van der Waals surface area (Å²) in [6, 6.07) is 31.2. The minimum Gasteiger partial charge on any atom is -0.489 e. The van der Waals surface area contributed by atoms with Gasteiger partial charge < -0.3 is 4.74 Å². The summed E-state index contributed by atoms with van der Waals surface area (Å²) in [6.45, 7) is 4.52. The van der Waals surface area contributed by atoms with E-state index in [1.165, 1.54) is 11.8 Å². The fraction of sp³-hybridized carbons (Fsp3) is 0.0968. The molecule has 0 aromatic heterocycles. The Labute approximate surface area is 226 Å². The summed E-state index contributed by atoms with van der Waals surface area (Å²) >= 11 is 7.33. The van der Waals surface area contributed by atoms with E-state index >= 15 is 0 Å². The number of rotatable bonds is 6. The second-order valence-corrected chi connectivity index (χ2v) is 10.2. The van der Waals surface area contributed by atoms with E-state index in [9.17, 15) is 4.79 Å². The second-order valence-electron chi connectivity index (χ2n) is 8.80. The van der Waals surface area contributed by atoms with Crippen molar-refractivity contribution < 1.29 is 9.53 Å². The lowest BCUT2D eigenvalue weighted by molar-refractivity contribution is -0.113. The first kappa shape index (κ1) is 24.9. The number of thioether (sulfide) groups is 1. The third-order valence-electron chi connectivity index (χ3n) is 5.85. The van der Waals surface area contributed by atoms with Crippen LogP contribution in [-0.4, -0.2) is 11.1 Å². The van der Waals surface area contributed by atoms with Crippen molar-refractivity contribution in [3.8, 4) is 5.75 Å². The molecule has 5 rings (SSSR count). The zero-order chi connectivity index (χ0) is 25.8. The van der Waals surface area contributed by atoms with Gasteiger partial charge in [0.1, 0.15) is 12.4 Å². The van der Waals surface area contributed by atoms with E-state index in [2.05, 4.69) is 0 Å². The van der Waals surface area contributed by atoms with Gasteiger partial charge in [0.25, 0.3) is 5.91 Å². The maximum atomic E-state index is 13.5. The molecule has 1 heterocycles. The van der Waals surface area contributed by atoms with Crippen molar-refractivity contribution in [3.63, 3.8) is 0 Å². The topological polar surface area (TPSA) is 41.9 Å². The third kappa shape index (κ3) is 6.13. The van der Waals surface area contributed by atoms with E-state index in [0.29, 0.717) is 21.7 Å². The van der Waals surface area contributed by atoms with Gasteiger partial charge in [-0.05, 0) is 91.3 Å². The summed E-state index contributed by atoms with van der Waals surface area (Å²) in [4.78, 5) is 20.6. The average molecular weight is 525 g/mol. The van der Waals surface area contributed by atoms with E-state index in [1.54, 1.807) is 4.90 Å². The fourth-order valence-electron chi connectivity index (χ4n) is 3.76. The summed E-state index contributed by atoms with van der Waals surface area (Å²) in [5, 5.41) is 1.33. The Morgan fingerprint density at radius 2 is 1.46 bits per heavy atom. The second kappa shape index (κ2) is 11.1. The van der Waals surface area contributed by atoms with E-state index in [4.69, 9.17) is 21.3 Å². The van der Waals surface area contributed by atoms with Crippen LogP contribution in [0.15, 0.2) is 107 Å². The van der Waals surface area contributed by atoms with E-state index in [1.807, 2.05) is 117 Å². The highest BCUT2D eigenvalue weighted by Crippen LogP contribution is 2.37. The predicted octanol–water partition coefficient (Wildman–Crippen LogP) is 8.34. The first-order chi connectivity index (χ1) is 17.9. The highest BCUT2D eigenvalue weighted by Gasteiger charge is 2.34. The number of anilines is 1. The van der Waals surface area contributed by atoms with E-state index < -0.39 is 0 Å². The van der Waals surface area contributed by atoms with Crippen LogP contribution in [0.2, 0.25) is 5.02 Å². The summed E-state index contributed by atoms with van der Waals surface area (Å²) in [7, 11) is 0. The van der Waals surface area contributed by atoms with Gasteiger partial charge in [0.15, 0.2) is 5.17 Å². The van der Waals surface area contributed by atoms with E-state index in [0.717, 1.165) is 39.4 Å². The molecule has 37 heavy (non-hydrogen) atoms. The first-order valence-corrected chi connectivity index (χ1v) is 13.1. The zero-order valence-electron chi connectivity index (χ0n) is 20.5. The lowest BCUT2D eigenvalue weighted by Crippen LogP contribution is -2.28. The number of hydrogen-bond donors (Lipinski definition) is 0. The number of ether oxygens (including phenoxy) is 1. The molecule has 0 atom stereocenters. The van der Waals surface area contributed by atoms with Crippen LogP contribution in [0.25, 0.3) is 6.08 Å². The highest BCUT2D eigenvalue weighted by molar-refractivity contribution is 8.19. The maximum Gasteiger partial charge on any atom is 0.271 e. The fourth-order valence-corrected chi connectivity index (χ4v) is 4.89. The van der Waals surface area contributed by atoms with Gasteiger partial charge in [-0.15, -0.1) is 0 Å². The minimum atomic E-state index is -0.0946. The molecule has 184 valence electrons. The molecule has 4 aromatic carbocycles. The van der Waals surface area contributed by atoms with Crippen LogP contribution in [0.1, 0.15) is 22.3 Å². The monoisotopic (exact) mass is 524 g/mol. The van der Waals surface area contributed by atoms with Gasteiger partial charge in [-0.1, -0.05) is 71.3 Å². The number of halogens is 1. The van der Waals surface area contributed by atoms with Crippen molar-refractivity contribution in [3.05, 3.63) is 129 Å². The first-order valence-electron chi connectivity index (χ1n) is 11.9. The minimum absolute atomic E-state index is 0.0946. The molecule has 0 radical (unpaired) electrons. The molecule has 0 bridgehead atoms. The molecule has 6 heteroatoms. The van der Waals surface area contributed by atoms with Crippen molar-refractivity contribution in [1.29, 1.82) is 0 Å². The number of amidine groups is 1. The lowest BCUT2D eigenvalue weighted by Gasteiger charge is -2.16. The molecule has 1 fully saturated rings. The SMILES string of the molecule is Cc1ccc(N=C2S/C(=C\c3ccc(OCc4ccc(Cl)cc4)cc3)C(=O)N2c2ccc(C)cc2)cc1. The Morgan fingerprint density at radius 1 is 0.838 bits per heavy atom. The summed E-state index contributed by atoms with van der Waals surface area (Å²) < 4.78 is 5.89. The third-order valence-corrected chi connectivity index (χ3v) is 7.07. The van der Waals surface area contributed by atoms with Crippen molar-refractivity contribution >= 4 is 51.9 Å². The van der Waals surface area contributed by atoms with Crippen molar-refractivity contribution in [2.24, 2.45) is 4.99 Å². The molecular formula is C31H25ClN2O2S. The molecule has 1 amide bonds. The molecule has 4 nitrogen and oxygen atoms in total. The van der Waals surface area contributed by atoms with Crippen LogP contribution in [0, 0.1) is 13.8 Å². The summed E-state index contributed by atoms with van der Waals surface area (Å²) in [5.74, 6) is 0.660. The molecule has 0 N–H and O–H groups in total. The molecule has 1 aliphatic rings. The predicted molar refractivity (Wildman–Crippen MR) is 155 cm³/mol. The van der Waals surface area contributed by atoms with Gasteiger partial charge in [-0.25, -0.2) is 4.99 Å². The molecule has 0 saturated carbocycles. The van der Waals surface area contributed by atoms with Crippen molar-refractivity contribution in [2.45, 2.75) is 20.5 Å². The van der Waals surface area contributed by atoms with Crippen LogP contribution in [0.5, 0.6) is 5.75 Å². The molecule has 4 aromatic rings. The Kier molecular flexibility index (Phi) is 7.45. The highest BCUT2D eigenvalue weighted by atomic mass is 35.5. The van der Waals surface area contributed by atoms with Crippen LogP contribution < -0.4 is 9.64 Å². The molecule has 0 unspecified atom stereocenters. The Hall–Kier alpha value is -3.80. The van der Waals surface area contributed by atoms with Crippen molar-refractivity contribution in [2.75, 3.05) is 4.90 Å². The van der Waals surface area contributed by atoms with Crippen LogP contribution in [0.4, 0.5) is 11.4 Å². The maximum absolute atomic E-state index is 13.5. The lowest BCUT2D eigenvalue weighted by atomic mass is 10.2. The Morgan fingerprint density at radius 3 is 2.11 bits per heavy atom. The molecular weight excluding hydrogens is 500 g/mol. The number of benzene rings is 4. The van der Waals surface area contributed by atoms with Gasteiger partial charge in [0.2, 0.25) is 0 Å². The van der Waals surface area contributed by atoms with Gasteiger partial charge in [0.05, 0.1) is 16.3 Å². The van der Waals surface area contributed by atoms with Crippen LogP contribution in [0.3, 0.4) is 0 Å². The number of nitrogens with zero attached hydrogens (tertiary/aromatic N) is 2. The van der Waals surface area contributed by atoms with Crippen molar-refractivity contribution in [1.82, 2.24) is 0 Å². The number of carbonyl (C=O) groups excluding carboxylic acids is 1. The van der Waals surface area contributed by atoms with Gasteiger partial charge in [-0.3, -0.25) is 9.69 Å². The van der Waals surface area contributed by atoms with Crippen LogP contribution in [-0.2, 0) is 11.4 Å². The summed E-state index contributed by atoms with van der Waals surface area (Å²) in [6.07, 6.45) is 1.90. The quantitative estimate of drug-likeness (QED) is 0.238.